The van der Waals surface area contributed by atoms with E-state index < -0.39 is 35.6 Å². The third kappa shape index (κ3) is 4.33. The van der Waals surface area contributed by atoms with E-state index in [-0.39, 0.29) is 15.6 Å². The summed E-state index contributed by atoms with van der Waals surface area (Å²) in [6.07, 6.45) is -5.84. The number of benzene rings is 3. The molecular weight excluding hydrogens is 471 g/mol. The zero-order valence-corrected chi connectivity index (χ0v) is 17.5. The number of rotatable bonds is 3. The lowest BCUT2D eigenvalue weighted by molar-refractivity contribution is -0.137. The minimum Gasteiger partial charge on any atom is -0.374 e. The van der Waals surface area contributed by atoms with Gasteiger partial charge in [-0.2, -0.15) is 13.2 Å². The van der Waals surface area contributed by atoms with Gasteiger partial charge in [-0.25, -0.2) is 8.78 Å². The van der Waals surface area contributed by atoms with Gasteiger partial charge in [-0.05, 0) is 48.0 Å². The van der Waals surface area contributed by atoms with E-state index in [1.165, 1.54) is 18.2 Å². The Morgan fingerprint density at radius 3 is 2.47 bits per heavy atom. The van der Waals surface area contributed by atoms with Crippen molar-refractivity contribution in [2.75, 3.05) is 5.32 Å². The minimum absolute atomic E-state index is 0.158. The summed E-state index contributed by atoms with van der Waals surface area (Å²) in [5.74, 6) is -1.62. The van der Waals surface area contributed by atoms with Crippen LogP contribution >= 0.6 is 23.8 Å². The topological polar surface area (TPSA) is 44.3 Å². The van der Waals surface area contributed by atoms with Crippen molar-refractivity contribution < 1.29 is 27.1 Å². The van der Waals surface area contributed by atoms with Crippen LogP contribution in [-0.2, 0) is 6.18 Å². The number of anilines is 1. The second kappa shape index (κ2) is 8.40. The van der Waals surface area contributed by atoms with Crippen molar-refractivity contribution in [1.82, 2.24) is 5.32 Å². The van der Waals surface area contributed by atoms with Crippen LogP contribution in [-0.4, -0.2) is 10.1 Å². The summed E-state index contributed by atoms with van der Waals surface area (Å²) < 4.78 is 66.9. The SMILES string of the molecule is OC1NC(c2cc(F)ccc2Cl)c2c(NC(=S)c3cc(F)cc(C(F)(F)F)c3)cccc21. The molecule has 1 aliphatic rings. The highest BCUT2D eigenvalue weighted by atomic mass is 35.5. The van der Waals surface area contributed by atoms with Crippen LogP contribution in [0.25, 0.3) is 0 Å². The van der Waals surface area contributed by atoms with Crippen LogP contribution in [0.15, 0.2) is 54.6 Å². The van der Waals surface area contributed by atoms with E-state index in [0.29, 0.717) is 28.4 Å². The summed E-state index contributed by atoms with van der Waals surface area (Å²) in [4.78, 5) is -0.158. The molecule has 10 heteroatoms. The van der Waals surface area contributed by atoms with Gasteiger partial charge in [0.15, 0.2) is 0 Å². The lowest BCUT2D eigenvalue weighted by Gasteiger charge is -2.19. The summed E-state index contributed by atoms with van der Waals surface area (Å²) >= 11 is 11.5. The van der Waals surface area contributed by atoms with Crippen LogP contribution in [0.4, 0.5) is 27.6 Å². The molecule has 3 N–H and O–H groups in total. The zero-order valence-electron chi connectivity index (χ0n) is 16.0. The average molecular weight is 485 g/mol. The molecular formula is C22H14ClF5N2OS. The molecule has 0 fully saturated rings. The number of fused-ring (bicyclic) bond motifs is 1. The first kappa shape index (κ1) is 22.6. The molecule has 2 atom stereocenters. The van der Waals surface area contributed by atoms with Crippen molar-refractivity contribution in [1.29, 1.82) is 0 Å². The fraction of sp³-hybridized carbons (Fsp3) is 0.136. The first-order valence-corrected chi connectivity index (χ1v) is 10.0. The second-order valence-electron chi connectivity index (χ2n) is 7.16. The number of alkyl halides is 3. The summed E-state index contributed by atoms with van der Waals surface area (Å²) in [6.45, 7) is 0. The van der Waals surface area contributed by atoms with Crippen LogP contribution in [0.3, 0.4) is 0 Å². The number of halogens is 6. The van der Waals surface area contributed by atoms with E-state index in [1.54, 1.807) is 18.2 Å². The molecule has 3 nitrogen and oxygen atoms in total. The Bertz CT molecular complexity index is 1220. The smallest absolute Gasteiger partial charge is 0.374 e. The third-order valence-electron chi connectivity index (χ3n) is 5.05. The monoisotopic (exact) mass is 484 g/mol. The largest absolute Gasteiger partial charge is 0.416 e. The summed E-state index contributed by atoms with van der Waals surface area (Å²) in [5.41, 5.74) is 0.309. The Labute approximate surface area is 189 Å². The number of thiocarbonyl (C=S) groups is 1. The molecule has 4 rings (SSSR count). The molecule has 32 heavy (non-hydrogen) atoms. The Hall–Kier alpha value is -2.59. The standard InChI is InChI=1S/C22H14ClF5N2OS/c23-16-5-4-12(24)9-15(16)19-18-14(20(31)30-19)2-1-3-17(18)29-21(32)10-6-11(22(26,27)28)8-13(25)7-10/h1-9,19-20,30-31H,(H,29,32). The first-order valence-electron chi connectivity index (χ1n) is 9.25. The molecule has 3 aromatic carbocycles. The van der Waals surface area contributed by atoms with Gasteiger partial charge in [0, 0.05) is 27.4 Å². The molecule has 0 radical (unpaired) electrons. The predicted molar refractivity (Wildman–Crippen MR) is 115 cm³/mol. The van der Waals surface area contributed by atoms with Crippen molar-refractivity contribution in [3.05, 3.63) is 99.1 Å². The fourth-order valence-electron chi connectivity index (χ4n) is 3.64. The van der Waals surface area contributed by atoms with Crippen LogP contribution < -0.4 is 10.6 Å². The highest BCUT2D eigenvalue weighted by molar-refractivity contribution is 7.81. The Morgan fingerprint density at radius 2 is 1.75 bits per heavy atom. The highest BCUT2D eigenvalue weighted by Gasteiger charge is 2.34. The van der Waals surface area contributed by atoms with E-state index >= 15 is 0 Å². The number of hydrogen-bond acceptors (Lipinski definition) is 3. The zero-order chi connectivity index (χ0) is 23.2. The maximum Gasteiger partial charge on any atom is 0.416 e. The van der Waals surface area contributed by atoms with Crippen molar-refractivity contribution in [2.45, 2.75) is 18.4 Å². The normalized spacial score (nSPS) is 17.8. The van der Waals surface area contributed by atoms with Crippen molar-refractivity contribution in [2.24, 2.45) is 0 Å². The van der Waals surface area contributed by atoms with Crippen LogP contribution in [0.2, 0.25) is 5.02 Å². The van der Waals surface area contributed by atoms with Gasteiger partial charge in [-0.3, -0.25) is 5.32 Å². The van der Waals surface area contributed by atoms with E-state index in [2.05, 4.69) is 10.6 Å². The molecule has 0 bridgehead atoms. The average Bonchev–Trinajstić information content (AvgIpc) is 3.06. The molecule has 2 unspecified atom stereocenters. The van der Waals surface area contributed by atoms with E-state index in [1.807, 2.05) is 0 Å². The molecule has 0 saturated carbocycles. The number of hydrogen-bond donors (Lipinski definition) is 3. The summed E-state index contributed by atoms with van der Waals surface area (Å²) in [7, 11) is 0. The molecule has 0 amide bonds. The van der Waals surface area contributed by atoms with E-state index in [0.717, 1.165) is 12.1 Å². The maximum absolute atomic E-state index is 13.9. The van der Waals surface area contributed by atoms with E-state index in [4.69, 9.17) is 23.8 Å². The van der Waals surface area contributed by atoms with Gasteiger partial charge in [-0.1, -0.05) is 36.0 Å². The lowest BCUT2D eigenvalue weighted by atomic mass is 9.96. The number of nitrogens with one attached hydrogen (secondary N) is 2. The van der Waals surface area contributed by atoms with Crippen molar-refractivity contribution >= 4 is 34.5 Å². The Morgan fingerprint density at radius 1 is 1.00 bits per heavy atom. The second-order valence-corrected chi connectivity index (χ2v) is 7.97. The van der Waals surface area contributed by atoms with Gasteiger partial charge in [0.05, 0.1) is 11.6 Å². The molecule has 0 spiro atoms. The number of aliphatic hydroxyl groups is 1. The van der Waals surface area contributed by atoms with Gasteiger partial charge < -0.3 is 10.4 Å². The molecule has 0 aromatic heterocycles. The maximum atomic E-state index is 13.9. The fourth-order valence-corrected chi connectivity index (χ4v) is 4.10. The lowest BCUT2D eigenvalue weighted by Crippen LogP contribution is -2.20. The molecule has 1 aliphatic heterocycles. The van der Waals surface area contributed by atoms with Gasteiger partial charge in [0.2, 0.25) is 0 Å². The minimum atomic E-state index is -4.74. The molecule has 0 aliphatic carbocycles. The van der Waals surface area contributed by atoms with Gasteiger partial charge in [0.25, 0.3) is 0 Å². The Kier molecular flexibility index (Phi) is 5.93. The van der Waals surface area contributed by atoms with Gasteiger partial charge >= 0.3 is 6.18 Å². The van der Waals surface area contributed by atoms with Gasteiger partial charge in [0.1, 0.15) is 22.9 Å². The van der Waals surface area contributed by atoms with Crippen molar-refractivity contribution in [3.8, 4) is 0 Å². The number of aliphatic hydroxyl groups excluding tert-OH is 1. The van der Waals surface area contributed by atoms with E-state index in [9.17, 15) is 27.1 Å². The third-order valence-corrected chi connectivity index (χ3v) is 5.73. The summed E-state index contributed by atoms with van der Waals surface area (Å²) in [6, 6.07) is 9.92. The quantitative estimate of drug-likeness (QED) is 0.310. The molecule has 166 valence electrons. The first-order chi connectivity index (χ1) is 15.0. The molecule has 1 heterocycles. The predicted octanol–water partition coefficient (Wildman–Crippen LogP) is 6.11. The van der Waals surface area contributed by atoms with Crippen LogP contribution in [0.5, 0.6) is 0 Å². The van der Waals surface area contributed by atoms with Crippen LogP contribution in [0, 0.1) is 11.6 Å². The Balaban J connectivity index is 1.74. The van der Waals surface area contributed by atoms with Crippen molar-refractivity contribution in [3.63, 3.8) is 0 Å². The van der Waals surface area contributed by atoms with Gasteiger partial charge in [-0.15, -0.1) is 0 Å². The molecule has 3 aromatic rings. The highest BCUT2D eigenvalue weighted by Crippen LogP contribution is 2.42. The summed E-state index contributed by atoms with van der Waals surface area (Å²) in [5, 5.41) is 16.4. The van der Waals surface area contributed by atoms with Crippen LogP contribution in [0.1, 0.15) is 40.1 Å². The molecule has 0 saturated heterocycles.